The lowest BCUT2D eigenvalue weighted by molar-refractivity contribution is 0.539. The number of hydrogen-bond donors (Lipinski definition) is 2. The van der Waals surface area contributed by atoms with Crippen molar-refractivity contribution in [3.63, 3.8) is 0 Å². The van der Waals surface area contributed by atoms with Crippen LogP contribution in [0, 0.1) is 5.82 Å². The van der Waals surface area contributed by atoms with E-state index < -0.39 is 15.8 Å². The molecular weight excluding hydrogens is 371 g/mol. The lowest BCUT2D eigenvalue weighted by Crippen LogP contribution is -2.30. The minimum Gasteiger partial charge on any atom is -0.314 e. The molecule has 114 valence electrons. The largest absolute Gasteiger partial charge is 0.314 e. The van der Waals surface area contributed by atoms with Crippen LogP contribution < -0.4 is 10.0 Å². The number of rotatable bonds is 5. The number of benzene rings is 1. The van der Waals surface area contributed by atoms with Gasteiger partial charge in [-0.05, 0) is 59.9 Å². The van der Waals surface area contributed by atoms with E-state index in [2.05, 4.69) is 26.0 Å². The Morgan fingerprint density at radius 1 is 1.45 bits per heavy atom. The fourth-order valence-corrected chi connectivity index (χ4v) is 4.24. The predicted molar refractivity (Wildman–Crippen MR) is 82.2 cm³/mol. The van der Waals surface area contributed by atoms with Crippen LogP contribution in [0.2, 0.25) is 0 Å². The van der Waals surface area contributed by atoms with Gasteiger partial charge in [-0.1, -0.05) is 0 Å². The summed E-state index contributed by atoms with van der Waals surface area (Å²) in [6.07, 6.45) is 2.99. The highest BCUT2D eigenvalue weighted by Gasteiger charge is 2.19. The third-order valence-corrected chi connectivity index (χ3v) is 5.57. The normalized spacial score (nSPS) is 18.8. The molecular formula is C12H17BrClFN2O2S. The Balaban J connectivity index is 0.00000200. The standard InChI is InChI=1S/C12H16BrFN2O2S.ClH/c13-11-8-9(14)3-4-12(11)19(17,18)16-7-5-10-2-1-6-15-10;/h3-4,8,10,15-16H,1-2,5-7H2;1H/t10-;/m1./s1. The molecule has 1 aromatic carbocycles. The molecule has 1 fully saturated rings. The fraction of sp³-hybridized carbons (Fsp3) is 0.500. The number of halogens is 3. The maximum Gasteiger partial charge on any atom is 0.241 e. The molecule has 0 aromatic heterocycles. The van der Waals surface area contributed by atoms with E-state index in [1.807, 2.05) is 0 Å². The predicted octanol–water partition coefficient (Wildman–Crippen LogP) is 2.43. The quantitative estimate of drug-likeness (QED) is 0.816. The molecule has 0 radical (unpaired) electrons. The average Bonchev–Trinajstić information content (AvgIpc) is 2.81. The van der Waals surface area contributed by atoms with Crippen LogP contribution in [0.15, 0.2) is 27.6 Å². The van der Waals surface area contributed by atoms with Crippen molar-refractivity contribution >= 4 is 38.4 Å². The van der Waals surface area contributed by atoms with Gasteiger partial charge < -0.3 is 5.32 Å². The van der Waals surface area contributed by atoms with Gasteiger partial charge in [0, 0.05) is 17.1 Å². The van der Waals surface area contributed by atoms with Gasteiger partial charge in [0.05, 0.1) is 4.90 Å². The van der Waals surface area contributed by atoms with Crippen molar-refractivity contribution < 1.29 is 12.8 Å². The van der Waals surface area contributed by atoms with Gasteiger partial charge in [-0.3, -0.25) is 0 Å². The molecule has 0 spiro atoms. The van der Waals surface area contributed by atoms with Gasteiger partial charge in [-0.15, -0.1) is 12.4 Å². The van der Waals surface area contributed by atoms with Gasteiger partial charge in [0.15, 0.2) is 0 Å². The summed E-state index contributed by atoms with van der Waals surface area (Å²) in [6.45, 7) is 1.38. The summed E-state index contributed by atoms with van der Waals surface area (Å²) in [6, 6.07) is 3.93. The second kappa shape index (κ2) is 7.70. The summed E-state index contributed by atoms with van der Waals surface area (Å²) >= 11 is 3.07. The number of nitrogens with one attached hydrogen (secondary N) is 2. The van der Waals surface area contributed by atoms with Crippen LogP contribution in [0.5, 0.6) is 0 Å². The zero-order valence-electron chi connectivity index (χ0n) is 10.7. The van der Waals surface area contributed by atoms with E-state index in [0.717, 1.165) is 37.9 Å². The Labute approximate surface area is 133 Å². The molecule has 20 heavy (non-hydrogen) atoms. The smallest absolute Gasteiger partial charge is 0.241 e. The average molecular weight is 388 g/mol. The summed E-state index contributed by atoms with van der Waals surface area (Å²) < 4.78 is 39.8. The van der Waals surface area contributed by atoms with Crippen molar-refractivity contribution in [2.45, 2.75) is 30.2 Å². The van der Waals surface area contributed by atoms with E-state index in [-0.39, 0.29) is 21.8 Å². The lowest BCUT2D eigenvalue weighted by Gasteiger charge is -2.12. The van der Waals surface area contributed by atoms with Crippen LogP contribution in [0.4, 0.5) is 4.39 Å². The first-order valence-corrected chi connectivity index (χ1v) is 8.45. The molecule has 1 aromatic rings. The van der Waals surface area contributed by atoms with Crippen LogP contribution in [-0.4, -0.2) is 27.5 Å². The van der Waals surface area contributed by atoms with E-state index in [9.17, 15) is 12.8 Å². The Hall–Kier alpha value is -0.210. The molecule has 0 aliphatic carbocycles. The Kier molecular flexibility index (Phi) is 6.87. The minimum atomic E-state index is -3.59. The molecule has 8 heteroatoms. The molecule has 1 saturated heterocycles. The maximum atomic E-state index is 12.9. The van der Waals surface area contributed by atoms with E-state index in [4.69, 9.17) is 0 Å². The van der Waals surface area contributed by atoms with E-state index in [1.54, 1.807) is 0 Å². The van der Waals surface area contributed by atoms with Crippen molar-refractivity contribution in [1.82, 2.24) is 10.0 Å². The summed E-state index contributed by atoms with van der Waals surface area (Å²) in [7, 11) is -3.59. The summed E-state index contributed by atoms with van der Waals surface area (Å²) in [4.78, 5) is 0.0632. The zero-order chi connectivity index (χ0) is 13.9. The lowest BCUT2D eigenvalue weighted by atomic mass is 10.2. The number of sulfonamides is 1. The van der Waals surface area contributed by atoms with Crippen molar-refractivity contribution in [3.8, 4) is 0 Å². The van der Waals surface area contributed by atoms with Gasteiger partial charge in [-0.2, -0.15) is 0 Å². The van der Waals surface area contributed by atoms with Gasteiger partial charge in [-0.25, -0.2) is 17.5 Å². The first-order valence-electron chi connectivity index (χ1n) is 6.17. The Morgan fingerprint density at radius 3 is 2.80 bits per heavy atom. The Bertz CT molecular complexity index is 550. The fourth-order valence-electron chi connectivity index (χ4n) is 2.14. The third-order valence-electron chi connectivity index (χ3n) is 3.13. The van der Waals surface area contributed by atoms with Crippen molar-refractivity contribution in [2.24, 2.45) is 0 Å². The minimum absolute atomic E-state index is 0. The molecule has 2 N–H and O–H groups in total. The van der Waals surface area contributed by atoms with Gasteiger partial charge in [0.2, 0.25) is 10.0 Å². The molecule has 0 unspecified atom stereocenters. The summed E-state index contributed by atoms with van der Waals surface area (Å²) in [5.41, 5.74) is 0. The molecule has 0 bridgehead atoms. The SMILES string of the molecule is Cl.O=S(=O)(NCC[C@H]1CCCN1)c1ccc(F)cc1Br. The molecule has 0 saturated carbocycles. The van der Waals surface area contributed by atoms with Gasteiger partial charge in [0.1, 0.15) is 5.82 Å². The molecule has 1 heterocycles. The monoisotopic (exact) mass is 386 g/mol. The Morgan fingerprint density at radius 2 is 2.20 bits per heavy atom. The van der Waals surface area contributed by atoms with E-state index >= 15 is 0 Å². The molecule has 1 atom stereocenters. The van der Waals surface area contributed by atoms with Crippen molar-refractivity contribution in [1.29, 1.82) is 0 Å². The highest BCUT2D eigenvalue weighted by atomic mass is 79.9. The first-order chi connectivity index (χ1) is 8.99. The van der Waals surface area contributed by atoms with Crippen LogP contribution in [-0.2, 0) is 10.0 Å². The summed E-state index contributed by atoms with van der Waals surface area (Å²) in [5.74, 6) is -0.471. The maximum absolute atomic E-state index is 12.9. The zero-order valence-corrected chi connectivity index (χ0v) is 14.0. The summed E-state index contributed by atoms with van der Waals surface area (Å²) in [5, 5.41) is 3.31. The second-order valence-electron chi connectivity index (χ2n) is 4.55. The van der Waals surface area contributed by atoms with Crippen LogP contribution in [0.3, 0.4) is 0 Å². The molecule has 1 aliphatic heterocycles. The highest BCUT2D eigenvalue weighted by Crippen LogP contribution is 2.22. The van der Waals surface area contributed by atoms with Crippen LogP contribution >= 0.6 is 28.3 Å². The van der Waals surface area contributed by atoms with Crippen molar-refractivity contribution in [3.05, 3.63) is 28.5 Å². The first kappa shape index (κ1) is 17.8. The van der Waals surface area contributed by atoms with Crippen LogP contribution in [0.25, 0.3) is 0 Å². The molecule has 1 aliphatic rings. The van der Waals surface area contributed by atoms with E-state index in [0.29, 0.717) is 12.6 Å². The number of hydrogen-bond acceptors (Lipinski definition) is 3. The van der Waals surface area contributed by atoms with Gasteiger partial charge in [0.25, 0.3) is 0 Å². The van der Waals surface area contributed by atoms with Crippen molar-refractivity contribution in [2.75, 3.05) is 13.1 Å². The molecule has 0 amide bonds. The third kappa shape index (κ3) is 4.66. The van der Waals surface area contributed by atoms with E-state index in [1.165, 1.54) is 6.07 Å². The second-order valence-corrected chi connectivity index (χ2v) is 7.14. The highest BCUT2D eigenvalue weighted by molar-refractivity contribution is 9.10. The molecule has 4 nitrogen and oxygen atoms in total. The van der Waals surface area contributed by atoms with Gasteiger partial charge >= 0.3 is 0 Å². The molecule has 2 rings (SSSR count). The topological polar surface area (TPSA) is 58.2 Å². The van der Waals surface area contributed by atoms with Crippen LogP contribution in [0.1, 0.15) is 19.3 Å².